The van der Waals surface area contributed by atoms with E-state index in [2.05, 4.69) is 24.1 Å². The summed E-state index contributed by atoms with van der Waals surface area (Å²) in [5.74, 6) is 0.203. The number of rotatable bonds is 4. The topological polar surface area (TPSA) is 76.4 Å². The van der Waals surface area contributed by atoms with Crippen LogP contribution in [-0.2, 0) is 6.42 Å². The molecule has 0 aliphatic heterocycles. The molecule has 0 aliphatic rings. The molecule has 1 atom stereocenters. The third-order valence-corrected chi connectivity index (χ3v) is 2.21. The second-order valence-electron chi connectivity index (χ2n) is 3.35. The van der Waals surface area contributed by atoms with Crippen LogP contribution in [0.4, 0.5) is 0 Å². The van der Waals surface area contributed by atoms with E-state index in [0.717, 1.165) is 12.0 Å². The number of hydrogen-bond acceptors (Lipinski definition) is 3. The lowest BCUT2D eigenvalue weighted by Crippen LogP contribution is -2.14. The van der Waals surface area contributed by atoms with E-state index in [0.29, 0.717) is 12.5 Å². The van der Waals surface area contributed by atoms with Gasteiger partial charge in [0.2, 0.25) is 0 Å². The Hall–Kier alpha value is -1.52. The smallest absolute Gasteiger partial charge is 0.143 e. The first-order valence-electron chi connectivity index (χ1n) is 4.66. The molecule has 1 heterocycles. The molecule has 0 amide bonds. The van der Waals surface area contributed by atoms with Crippen LogP contribution in [0.15, 0.2) is 17.5 Å². The van der Waals surface area contributed by atoms with E-state index >= 15 is 0 Å². The summed E-state index contributed by atoms with van der Waals surface area (Å²) in [5, 5.41) is 15.5. The van der Waals surface area contributed by atoms with Gasteiger partial charge in [0.05, 0.1) is 6.20 Å². The summed E-state index contributed by atoms with van der Waals surface area (Å²) in [6, 6.07) is 0.385. The molecule has 0 aromatic carbocycles. The monoisotopic (exact) mass is 196 g/mol. The average Bonchev–Trinajstić information content (AvgIpc) is 2.65. The first-order valence-corrected chi connectivity index (χ1v) is 4.66. The quantitative estimate of drug-likeness (QED) is 0.328. The number of oxime groups is 1. The highest BCUT2D eigenvalue weighted by Crippen LogP contribution is 2.09. The van der Waals surface area contributed by atoms with Crippen LogP contribution >= 0.6 is 0 Å². The molecule has 1 rings (SSSR count). The van der Waals surface area contributed by atoms with Gasteiger partial charge in [0.15, 0.2) is 0 Å². The van der Waals surface area contributed by atoms with Gasteiger partial charge in [0.25, 0.3) is 0 Å². The average molecular weight is 196 g/mol. The molecular weight excluding hydrogens is 180 g/mol. The molecule has 0 bridgehead atoms. The van der Waals surface area contributed by atoms with Crippen LogP contribution < -0.4 is 5.73 Å². The fraction of sp³-hybridized carbons (Fsp3) is 0.556. The summed E-state index contributed by atoms with van der Waals surface area (Å²) in [5.41, 5.74) is 6.34. The van der Waals surface area contributed by atoms with Crippen molar-refractivity contribution in [2.45, 2.75) is 32.7 Å². The molecule has 1 aromatic rings. The second-order valence-corrected chi connectivity index (χ2v) is 3.35. The van der Waals surface area contributed by atoms with Crippen molar-refractivity contribution in [1.29, 1.82) is 0 Å². The summed E-state index contributed by atoms with van der Waals surface area (Å²) in [6.45, 7) is 4.20. The van der Waals surface area contributed by atoms with Gasteiger partial charge in [-0.05, 0) is 18.9 Å². The summed E-state index contributed by atoms with van der Waals surface area (Å²) >= 11 is 0. The first kappa shape index (κ1) is 10.6. The molecule has 5 heteroatoms. The van der Waals surface area contributed by atoms with Crippen molar-refractivity contribution < 1.29 is 5.21 Å². The summed E-state index contributed by atoms with van der Waals surface area (Å²) in [6.07, 6.45) is 5.13. The Kier molecular flexibility index (Phi) is 3.50. The highest BCUT2D eigenvalue weighted by atomic mass is 16.4. The van der Waals surface area contributed by atoms with E-state index in [1.807, 2.05) is 10.9 Å². The minimum Gasteiger partial charge on any atom is -0.409 e. The number of amidine groups is 1. The molecular formula is C9H16N4O. The Morgan fingerprint density at radius 1 is 1.79 bits per heavy atom. The van der Waals surface area contributed by atoms with Crippen molar-refractivity contribution in [3.63, 3.8) is 0 Å². The highest BCUT2D eigenvalue weighted by molar-refractivity contribution is 5.81. The van der Waals surface area contributed by atoms with Crippen molar-refractivity contribution in [3.8, 4) is 0 Å². The Morgan fingerprint density at radius 2 is 2.50 bits per heavy atom. The summed E-state index contributed by atoms with van der Waals surface area (Å²) in [4.78, 5) is 0. The van der Waals surface area contributed by atoms with E-state index < -0.39 is 0 Å². The lowest BCUT2D eigenvalue weighted by molar-refractivity contribution is 0.317. The van der Waals surface area contributed by atoms with E-state index in [1.54, 1.807) is 6.20 Å². The molecule has 0 radical (unpaired) electrons. The normalized spacial score (nSPS) is 14.3. The maximum atomic E-state index is 8.39. The zero-order valence-corrected chi connectivity index (χ0v) is 8.51. The lowest BCUT2D eigenvalue weighted by Gasteiger charge is -2.07. The largest absolute Gasteiger partial charge is 0.409 e. The minimum atomic E-state index is 0.203. The molecule has 0 spiro atoms. The van der Waals surface area contributed by atoms with Crippen LogP contribution in [0.5, 0.6) is 0 Å². The zero-order chi connectivity index (χ0) is 10.6. The Morgan fingerprint density at radius 3 is 3.07 bits per heavy atom. The van der Waals surface area contributed by atoms with Gasteiger partial charge in [0, 0.05) is 18.7 Å². The molecule has 0 saturated carbocycles. The predicted molar refractivity (Wildman–Crippen MR) is 54.3 cm³/mol. The van der Waals surface area contributed by atoms with Crippen molar-refractivity contribution in [1.82, 2.24) is 9.78 Å². The lowest BCUT2D eigenvalue weighted by atomic mass is 10.2. The third kappa shape index (κ3) is 2.48. The van der Waals surface area contributed by atoms with Crippen LogP contribution in [0.1, 0.15) is 31.9 Å². The van der Waals surface area contributed by atoms with Crippen LogP contribution in [0, 0.1) is 0 Å². The second kappa shape index (κ2) is 4.64. The SMILES string of the molecule is CCC(C)n1cc(C/C(N)=N/O)cn1. The number of aromatic nitrogens is 2. The molecule has 0 fully saturated rings. The maximum absolute atomic E-state index is 8.39. The predicted octanol–water partition coefficient (Wildman–Crippen LogP) is 1.14. The van der Waals surface area contributed by atoms with Crippen molar-refractivity contribution in [2.75, 3.05) is 0 Å². The molecule has 78 valence electrons. The molecule has 1 aromatic heterocycles. The minimum absolute atomic E-state index is 0.203. The van der Waals surface area contributed by atoms with E-state index in [1.165, 1.54) is 0 Å². The van der Waals surface area contributed by atoms with Gasteiger partial charge in [-0.15, -0.1) is 0 Å². The van der Waals surface area contributed by atoms with Gasteiger partial charge in [-0.2, -0.15) is 5.10 Å². The van der Waals surface area contributed by atoms with Crippen molar-refractivity contribution >= 4 is 5.84 Å². The van der Waals surface area contributed by atoms with Crippen LogP contribution in [0.25, 0.3) is 0 Å². The Labute approximate surface area is 83.2 Å². The van der Waals surface area contributed by atoms with Crippen molar-refractivity contribution in [2.24, 2.45) is 10.9 Å². The van der Waals surface area contributed by atoms with Gasteiger partial charge >= 0.3 is 0 Å². The summed E-state index contributed by atoms with van der Waals surface area (Å²) < 4.78 is 1.89. The first-order chi connectivity index (χ1) is 6.67. The number of hydrogen-bond donors (Lipinski definition) is 2. The Bertz CT molecular complexity index is 318. The standard InChI is InChI=1S/C9H16N4O/c1-3-7(2)13-6-8(5-11-13)4-9(10)12-14/h5-7,14H,3-4H2,1-2H3,(H2,10,12). The van der Waals surface area contributed by atoms with Gasteiger partial charge < -0.3 is 10.9 Å². The number of nitrogens with zero attached hydrogens (tertiary/aromatic N) is 3. The van der Waals surface area contributed by atoms with Gasteiger partial charge in [0.1, 0.15) is 5.84 Å². The summed E-state index contributed by atoms with van der Waals surface area (Å²) in [7, 11) is 0. The molecule has 0 aliphatic carbocycles. The fourth-order valence-electron chi connectivity index (χ4n) is 1.14. The molecule has 5 nitrogen and oxygen atoms in total. The highest BCUT2D eigenvalue weighted by Gasteiger charge is 2.05. The fourth-order valence-corrected chi connectivity index (χ4v) is 1.14. The Balaban J connectivity index is 2.68. The molecule has 3 N–H and O–H groups in total. The van der Waals surface area contributed by atoms with E-state index in [4.69, 9.17) is 10.9 Å². The number of nitrogens with two attached hydrogens (primary N) is 1. The molecule has 1 unspecified atom stereocenters. The van der Waals surface area contributed by atoms with Crippen LogP contribution in [0.2, 0.25) is 0 Å². The molecule has 0 saturated heterocycles. The van der Waals surface area contributed by atoms with Crippen LogP contribution in [-0.4, -0.2) is 20.8 Å². The van der Waals surface area contributed by atoms with Gasteiger partial charge in [-0.3, -0.25) is 4.68 Å². The van der Waals surface area contributed by atoms with Crippen LogP contribution in [0.3, 0.4) is 0 Å². The van der Waals surface area contributed by atoms with E-state index in [-0.39, 0.29) is 5.84 Å². The van der Waals surface area contributed by atoms with Crippen molar-refractivity contribution in [3.05, 3.63) is 18.0 Å². The molecule has 14 heavy (non-hydrogen) atoms. The van der Waals surface area contributed by atoms with Gasteiger partial charge in [-0.25, -0.2) is 0 Å². The van der Waals surface area contributed by atoms with Gasteiger partial charge in [-0.1, -0.05) is 12.1 Å². The zero-order valence-electron chi connectivity index (χ0n) is 8.51. The van der Waals surface area contributed by atoms with E-state index in [9.17, 15) is 0 Å². The third-order valence-electron chi connectivity index (χ3n) is 2.21. The maximum Gasteiger partial charge on any atom is 0.143 e.